The molecule has 1 aliphatic carbocycles. The average Bonchev–Trinajstić information content (AvgIpc) is 3.16. The molecule has 5 heteroatoms. The molecule has 1 saturated carbocycles. The van der Waals surface area contributed by atoms with Gasteiger partial charge in [0.25, 0.3) is 0 Å². The third-order valence-electron chi connectivity index (χ3n) is 3.72. The number of hydrogen-bond donors (Lipinski definition) is 1. The van der Waals surface area contributed by atoms with Gasteiger partial charge < -0.3 is 5.32 Å². The molecule has 1 aromatic heterocycles. The number of halogens is 2. The largest absolute Gasteiger partial charge is 0.310 e. The monoisotopic (exact) mass is 309 g/mol. The minimum absolute atomic E-state index is 0.616. The van der Waals surface area contributed by atoms with Gasteiger partial charge in [-0.3, -0.25) is 0 Å². The lowest BCUT2D eigenvalue weighted by atomic mass is 10.2. The molecule has 0 amide bonds. The Balaban J connectivity index is 1.94. The summed E-state index contributed by atoms with van der Waals surface area (Å²) in [6.45, 7) is 4.99. The van der Waals surface area contributed by atoms with Crippen molar-refractivity contribution < 1.29 is 0 Å². The van der Waals surface area contributed by atoms with Crippen molar-refractivity contribution in [3.8, 4) is 5.69 Å². The van der Waals surface area contributed by atoms with Crippen LogP contribution in [0.3, 0.4) is 0 Å². The van der Waals surface area contributed by atoms with Crippen LogP contribution in [0.1, 0.15) is 29.8 Å². The molecule has 2 aromatic rings. The molecular weight excluding hydrogens is 293 g/mol. The third-order valence-corrected chi connectivity index (χ3v) is 4.26. The van der Waals surface area contributed by atoms with E-state index in [-0.39, 0.29) is 0 Å². The summed E-state index contributed by atoms with van der Waals surface area (Å²) in [5.41, 5.74) is 4.29. The van der Waals surface area contributed by atoms with E-state index in [4.69, 9.17) is 23.2 Å². The smallest absolute Gasteiger partial charge is 0.0836 e. The van der Waals surface area contributed by atoms with Crippen molar-refractivity contribution in [2.75, 3.05) is 0 Å². The molecule has 0 radical (unpaired) electrons. The molecule has 1 N–H and O–H groups in total. The Morgan fingerprint density at radius 1 is 1.30 bits per heavy atom. The van der Waals surface area contributed by atoms with Crippen LogP contribution in [0.25, 0.3) is 5.69 Å². The number of rotatable bonds is 4. The van der Waals surface area contributed by atoms with E-state index in [1.807, 2.05) is 23.7 Å². The number of nitrogens with one attached hydrogen (secondary N) is 1. The first kappa shape index (κ1) is 13.9. The first-order valence-electron chi connectivity index (χ1n) is 6.80. The van der Waals surface area contributed by atoms with Crippen molar-refractivity contribution >= 4 is 23.2 Å². The van der Waals surface area contributed by atoms with Crippen molar-refractivity contribution in [3.05, 3.63) is 45.2 Å². The molecule has 0 unspecified atom stereocenters. The van der Waals surface area contributed by atoms with Gasteiger partial charge >= 0.3 is 0 Å². The maximum absolute atomic E-state index is 6.27. The molecule has 106 valence electrons. The fourth-order valence-electron chi connectivity index (χ4n) is 2.35. The summed E-state index contributed by atoms with van der Waals surface area (Å²) >= 11 is 12.2. The Morgan fingerprint density at radius 3 is 2.70 bits per heavy atom. The second-order valence-electron chi connectivity index (χ2n) is 5.31. The van der Waals surface area contributed by atoms with Crippen LogP contribution in [0.15, 0.2) is 18.2 Å². The van der Waals surface area contributed by atoms with Crippen LogP contribution < -0.4 is 5.32 Å². The lowest BCUT2D eigenvalue weighted by molar-refractivity contribution is 0.682. The van der Waals surface area contributed by atoms with Crippen LogP contribution in [-0.2, 0) is 6.54 Å². The van der Waals surface area contributed by atoms with E-state index in [9.17, 15) is 0 Å². The predicted octanol–water partition coefficient (Wildman–Crippen LogP) is 4.05. The van der Waals surface area contributed by atoms with Crippen molar-refractivity contribution in [1.82, 2.24) is 15.1 Å². The van der Waals surface area contributed by atoms with Crippen molar-refractivity contribution in [3.63, 3.8) is 0 Å². The first-order valence-corrected chi connectivity index (χ1v) is 7.56. The molecule has 1 heterocycles. The Labute approximate surface area is 128 Å². The van der Waals surface area contributed by atoms with Crippen molar-refractivity contribution in [2.24, 2.45) is 0 Å². The van der Waals surface area contributed by atoms with Crippen LogP contribution in [0, 0.1) is 13.8 Å². The fraction of sp³-hybridized carbons (Fsp3) is 0.400. The number of benzene rings is 1. The van der Waals surface area contributed by atoms with Crippen LogP contribution in [0.2, 0.25) is 10.0 Å². The van der Waals surface area contributed by atoms with Gasteiger partial charge in [0.15, 0.2) is 0 Å². The summed E-state index contributed by atoms with van der Waals surface area (Å²) in [5, 5.41) is 9.40. The van der Waals surface area contributed by atoms with Gasteiger partial charge in [-0.25, -0.2) is 4.68 Å². The molecule has 3 nitrogen and oxygen atoms in total. The minimum Gasteiger partial charge on any atom is -0.310 e. The van der Waals surface area contributed by atoms with E-state index in [1.54, 1.807) is 6.07 Å². The summed E-state index contributed by atoms with van der Waals surface area (Å²) in [4.78, 5) is 0. The topological polar surface area (TPSA) is 29.9 Å². The predicted molar refractivity (Wildman–Crippen MR) is 82.9 cm³/mol. The van der Waals surface area contributed by atoms with Crippen LogP contribution in [-0.4, -0.2) is 15.8 Å². The normalized spacial score (nSPS) is 14.8. The fourth-order valence-corrected chi connectivity index (χ4v) is 2.84. The first-order chi connectivity index (χ1) is 9.56. The molecule has 0 spiro atoms. The Bertz CT molecular complexity index is 645. The molecule has 1 aliphatic rings. The van der Waals surface area contributed by atoms with Crippen molar-refractivity contribution in [2.45, 2.75) is 39.3 Å². The van der Waals surface area contributed by atoms with Crippen LogP contribution >= 0.6 is 23.2 Å². The summed E-state index contributed by atoms with van der Waals surface area (Å²) in [5.74, 6) is 0. The van der Waals surface area contributed by atoms with E-state index in [0.717, 1.165) is 23.6 Å². The molecule has 0 bridgehead atoms. The van der Waals surface area contributed by atoms with Gasteiger partial charge in [0, 0.05) is 28.9 Å². The highest BCUT2D eigenvalue weighted by molar-refractivity contribution is 6.35. The maximum atomic E-state index is 6.27. The molecule has 20 heavy (non-hydrogen) atoms. The Hall–Kier alpha value is -1.03. The number of nitrogens with zero attached hydrogens (tertiary/aromatic N) is 2. The zero-order valence-corrected chi connectivity index (χ0v) is 13.1. The van der Waals surface area contributed by atoms with Gasteiger partial charge in [0.2, 0.25) is 0 Å². The summed E-state index contributed by atoms with van der Waals surface area (Å²) < 4.78 is 1.90. The van der Waals surface area contributed by atoms with E-state index < -0.39 is 0 Å². The maximum Gasteiger partial charge on any atom is 0.0836 e. The molecule has 0 saturated heterocycles. The minimum atomic E-state index is 0.616. The highest BCUT2D eigenvalue weighted by atomic mass is 35.5. The zero-order chi connectivity index (χ0) is 14.3. The second-order valence-corrected chi connectivity index (χ2v) is 6.16. The van der Waals surface area contributed by atoms with Crippen molar-refractivity contribution in [1.29, 1.82) is 0 Å². The van der Waals surface area contributed by atoms with Gasteiger partial charge in [-0.2, -0.15) is 5.10 Å². The van der Waals surface area contributed by atoms with Crippen LogP contribution in [0.4, 0.5) is 0 Å². The van der Waals surface area contributed by atoms with Gasteiger partial charge in [-0.15, -0.1) is 0 Å². The second kappa shape index (κ2) is 5.40. The molecule has 0 atom stereocenters. The Kier molecular flexibility index (Phi) is 3.76. The summed E-state index contributed by atoms with van der Waals surface area (Å²) in [7, 11) is 0. The van der Waals surface area contributed by atoms with Gasteiger partial charge in [-0.1, -0.05) is 23.2 Å². The summed E-state index contributed by atoms with van der Waals surface area (Å²) in [6, 6.07) is 6.18. The van der Waals surface area contributed by atoms with Gasteiger partial charge in [0.05, 0.1) is 16.4 Å². The van der Waals surface area contributed by atoms with E-state index in [2.05, 4.69) is 17.3 Å². The number of aromatic nitrogens is 2. The number of aryl methyl sites for hydroxylation is 1. The lowest BCUT2D eigenvalue weighted by Crippen LogP contribution is -2.16. The lowest BCUT2D eigenvalue weighted by Gasteiger charge is -2.08. The Morgan fingerprint density at radius 2 is 2.05 bits per heavy atom. The van der Waals surface area contributed by atoms with Gasteiger partial charge in [-0.05, 0) is 44.9 Å². The highest BCUT2D eigenvalue weighted by Gasteiger charge is 2.22. The number of hydrogen-bond acceptors (Lipinski definition) is 2. The zero-order valence-electron chi connectivity index (χ0n) is 11.6. The van der Waals surface area contributed by atoms with Gasteiger partial charge in [0.1, 0.15) is 0 Å². The SMILES string of the molecule is Cc1nn(-c2ccc(Cl)cc2Cl)c(C)c1CNC1CC1. The molecule has 1 fully saturated rings. The molecule has 0 aliphatic heterocycles. The average molecular weight is 310 g/mol. The van der Waals surface area contributed by atoms with E-state index >= 15 is 0 Å². The van der Waals surface area contributed by atoms with E-state index in [1.165, 1.54) is 18.4 Å². The quantitative estimate of drug-likeness (QED) is 0.923. The van der Waals surface area contributed by atoms with E-state index in [0.29, 0.717) is 16.1 Å². The van der Waals surface area contributed by atoms with Crippen LogP contribution in [0.5, 0.6) is 0 Å². The highest BCUT2D eigenvalue weighted by Crippen LogP contribution is 2.27. The standard InChI is InChI=1S/C15H17Cl2N3/c1-9-13(8-18-12-4-5-12)10(2)20(19-9)15-6-3-11(16)7-14(15)17/h3,6-7,12,18H,4-5,8H2,1-2H3. The third kappa shape index (κ3) is 2.71. The summed E-state index contributed by atoms with van der Waals surface area (Å²) in [6.07, 6.45) is 2.57. The molecule has 1 aromatic carbocycles. The molecular formula is C15H17Cl2N3. The molecule has 3 rings (SSSR count).